The number of nitrogens with one attached hydrogen (secondary N) is 1. The standard InChI is InChI=1S/C12H13N3O/c1-3-12(16)13-8-10-9-6-4-5-7-11(9)15(2)14-10/h3-7H,1,8H2,2H3,(H,13,16). The van der Waals surface area contributed by atoms with E-state index in [0.29, 0.717) is 6.54 Å². The number of carbonyl (C=O) groups excluding carboxylic acids is 1. The van der Waals surface area contributed by atoms with Gasteiger partial charge in [0.25, 0.3) is 0 Å². The van der Waals surface area contributed by atoms with Gasteiger partial charge in [-0.05, 0) is 12.1 Å². The van der Waals surface area contributed by atoms with Gasteiger partial charge < -0.3 is 5.32 Å². The van der Waals surface area contributed by atoms with E-state index in [1.807, 2.05) is 36.0 Å². The molecule has 0 atom stereocenters. The van der Waals surface area contributed by atoms with E-state index < -0.39 is 0 Å². The summed E-state index contributed by atoms with van der Waals surface area (Å²) < 4.78 is 1.81. The summed E-state index contributed by atoms with van der Waals surface area (Å²) in [7, 11) is 1.89. The molecular weight excluding hydrogens is 202 g/mol. The number of aryl methyl sites for hydroxylation is 1. The zero-order valence-electron chi connectivity index (χ0n) is 9.10. The Labute approximate surface area is 93.6 Å². The van der Waals surface area contributed by atoms with Crippen LogP contribution in [-0.2, 0) is 18.4 Å². The Morgan fingerprint density at radius 3 is 3.06 bits per heavy atom. The molecule has 1 aromatic heterocycles. The minimum atomic E-state index is -0.185. The molecule has 0 aliphatic rings. The molecule has 1 heterocycles. The van der Waals surface area contributed by atoms with Crippen molar-refractivity contribution in [2.45, 2.75) is 6.54 Å². The van der Waals surface area contributed by atoms with Gasteiger partial charge in [-0.15, -0.1) is 0 Å². The Morgan fingerprint density at radius 1 is 1.56 bits per heavy atom. The molecule has 0 bridgehead atoms. The van der Waals surface area contributed by atoms with Crippen LogP contribution in [0.5, 0.6) is 0 Å². The second kappa shape index (κ2) is 4.18. The van der Waals surface area contributed by atoms with Crippen molar-refractivity contribution < 1.29 is 4.79 Å². The van der Waals surface area contributed by atoms with Gasteiger partial charge in [0.15, 0.2) is 0 Å². The fourth-order valence-electron chi connectivity index (χ4n) is 1.66. The molecule has 1 aromatic carbocycles. The number of benzene rings is 1. The van der Waals surface area contributed by atoms with Crippen LogP contribution in [-0.4, -0.2) is 15.7 Å². The summed E-state index contributed by atoms with van der Waals surface area (Å²) in [5.74, 6) is -0.185. The predicted octanol–water partition coefficient (Wildman–Crippen LogP) is 1.38. The lowest BCUT2D eigenvalue weighted by atomic mass is 10.2. The number of fused-ring (bicyclic) bond motifs is 1. The molecule has 0 fully saturated rings. The third-order valence-corrected chi connectivity index (χ3v) is 2.45. The molecule has 16 heavy (non-hydrogen) atoms. The number of para-hydroxylation sites is 1. The predicted molar refractivity (Wildman–Crippen MR) is 62.8 cm³/mol. The first-order valence-corrected chi connectivity index (χ1v) is 5.03. The largest absolute Gasteiger partial charge is 0.347 e. The molecule has 4 nitrogen and oxygen atoms in total. The number of rotatable bonds is 3. The van der Waals surface area contributed by atoms with Crippen molar-refractivity contribution >= 4 is 16.8 Å². The zero-order valence-corrected chi connectivity index (χ0v) is 9.10. The molecule has 0 saturated carbocycles. The van der Waals surface area contributed by atoms with Crippen LogP contribution in [0.25, 0.3) is 10.9 Å². The second-order valence-electron chi connectivity index (χ2n) is 3.51. The highest BCUT2D eigenvalue weighted by molar-refractivity contribution is 5.87. The van der Waals surface area contributed by atoms with E-state index in [1.165, 1.54) is 6.08 Å². The first-order valence-electron chi connectivity index (χ1n) is 5.03. The number of nitrogens with zero attached hydrogens (tertiary/aromatic N) is 2. The molecule has 0 radical (unpaired) electrons. The van der Waals surface area contributed by atoms with Gasteiger partial charge in [0.2, 0.25) is 5.91 Å². The molecule has 1 amide bonds. The first-order chi connectivity index (χ1) is 7.72. The molecule has 4 heteroatoms. The Morgan fingerprint density at radius 2 is 2.31 bits per heavy atom. The topological polar surface area (TPSA) is 46.9 Å². The molecule has 0 aliphatic carbocycles. The molecule has 1 N–H and O–H groups in total. The minimum absolute atomic E-state index is 0.185. The second-order valence-corrected chi connectivity index (χ2v) is 3.51. The lowest BCUT2D eigenvalue weighted by Gasteiger charge is -1.98. The number of aromatic nitrogens is 2. The van der Waals surface area contributed by atoms with E-state index in [1.54, 1.807) is 0 Å². The van der Waals surface area contributed by atoms with Crippen LogP contribution in [0, 0.1) is 0 Å². The van der Waals surface area contributed by atoms with Crippen molar-refractivity contribution in [2.75, 3.05) is 0 Å². The van der Waals surface area contributed by atoms with E-state index in [9.17, 15) is 4.79 Å². The fraction of sp³-hybridized carbons (Fsp3) is 0.167. The van der Waals surface area contributed by atoms with Crippen LogP contribution >= 0.6 is 0 Å². The van der Waals surface area contributed by atoms with Crippen LogP contribution in [0.15, 0.2) is 36.9 Å². The molecule has 0 unspecified atom stereocenters. The molecule has 0 saturated heterocycles. The van der Waals surface area contributed by atoms with Crippen LogP contribution in [0.1, 0.15) is 5.69 Å². The summed E-state index contributed by atoms with van der Waals surface area (Å²) in [5.41, 5.74) is 1.93. The maximum Gasteiger partial charge on any atom is 0.243 e. The SMILES string of the molecule is C=CC(=O)NCc1nn(C)c2ccccc12. The van der Waals surface area contributed by atoms with E-state index >= 15 is 0 Å². The Kier molecular flexibility index (Phi) is 2.72. The van der Waals surface area contributed by atoms with Crippen molar-refractivity contribution in [1.82, 2.24) is 15.1 Å². The average Bonchev–Trinajstić information content (AvgIpc) is 2.64. The van der Waals surface area contributed by atoms with Gasteiger partial charge in [0.1, 0.15) is 0 Å². The third-order valence-electron chi connectivity index (χ3n) is 2.45. The Bertz CT molecular complexity index is 542. The highest BCUT2D eigenvalue weighted by atomic mass is 16.1. The monoisotopic (exact) mass is 215 g/mol. The van der Waals surface area contributed by atoms with Crippen LogP contribution in [0.2, 0.25) is 0 Å². The van der Waals surface area contributed by atoms with Crippen LogP contribution in [0.3, 0.4) is 0 Å². The van der Waals surface area contributed by atoms with Gasteiger partial charge in [-0.3, -0.25) is 9.48 Å². The first kappa shape index (κ1) is 10.4. The third kappa shape index (κ3) is 1.82. The number of amides is 1. The zero-order chi connectivity index (χ0) is 11.5. The molecular formula is C12H13N3O. The van der Waals surface area contributed by atoms with Crippen molar-refractivity contribution in [2.24, 2.45) is 7.05 Å². The summed E-state index contributed by atoms with van der Waals surface area (Å²) in [4.78, 5) is 11.1. The van der Waals surface area contributed by atoms with Crippen LogP contribution in [0.4, 0.5) is 0 Å². The molecule has 0 aliphatic heterocycles. The van der Waals surface area contributed by atoms with E-state index in [4.69, 9.17) is 0 Å². The summed E-state index contributed by atoms with van der Waals surface area (Å²) in [5, 5.41) is 8.15. The van der Waals surface area contributed by atoms with Gasteiger partial charge in [-0.2, -0.15) is 5.10 Å². The molecule has 0 spiro atoms. The smallest absolute Gasteiger partial charge is 0.243 e. The highest BCUT2D eigenvalue weighted by Crippen LogP contribution is 2.16. The van der Waals surface area contributed by atoms with E-state index in [-0.39, 0.29) is 5.91 Å². The van der Waals surface area contributed by atoms with Crippen molar-refractivity contribution in [3.8, 4) is 0 Å². The van der Waals surface area contributed by atoms with Crippen molar-refractivity contribution in [3.05, 3.63) is 42.6 Å². The number of hydrogen-bond acceptors (Lipinski definition) is 2. The lowest BCUT2D eigenvalue weighted by Crippen LogP contribution is -2.20. The highest BCUT2D eigenvalue weighted by Gasteiger charge is 2.07. The summed E-state index contributed by atoms with van der Waals surface area (Å²) in [6.07, 6.45) is 1.26. The fourth-order valence-corrected chi connectivity index (χ4v) is 1.66. The Balaban J connectivity index is 2.31. The van der Waals surface area contributed by atoms with Crippen molar-refractivity contribution in [1.29, 1.82) is 0 Å². The van der Waals surface area contributed by atoms with Crippen molar-refractivity contribution in [3.63, 3.8) is 0 Å². The number of hydrogen-bond donors (Lipinski definition) is 1. The lowest BCUT2D eigenvalue weighted by molar-refractivity contribution is -0.116. The maximum atomic E-state index is 11.1. The molecule has 2 rings (SSSR count). The van der Waals surface area contributed by atoms with Gasteiger partial charge >= 0.3 is 0 Å². The Hall–Kier alpha value is -2.10. The minimum Gasteiger partial charge on any atom is -0.347 e. The quantitative estimate of drug-likeness (QED) is 0.786. The summed E-state index contributed by atoms with van der Waals surface area (Å²) in [6.45, 7) is 3.83. The number of carbonyl (C=O) groups is 1. The van der Waals surface area contributed by atoms with E-state index in [2.05, 4.69) is 17.0 Å². The van der Waals surface area contributed by atoms with E-state index in [0.717, 1.165) is 16.6 Å². The summed E-state index contributed by atoms with van der Waals surface area (Å²) in [6, 6.07) is 7.93. The maximum absolute atomic E-state index is 11.1. The normalized spacial score (nSPS) is 10.3. The van der Waals surface area contributed by atoms with Gasteiger partial charge in [-0.1, -0.05) is 24.8 Å². The van der Waals surface area contributed by atoms with Crippen LogP contribution < -0.4 is 5.32 Å². The summed E-state index contributed by atoms with van der Waals surface area (Å²) >= 11 is 0. The van der Waals surface area contributed by atoms with Gasteiger partial charge in [0.05, 0.1) is 17.8 Å². The average molecular weight is 215 g/mol. The van der Waals surface area contributed by atoms with Gasteiger partial charge in [-0.25, -0.2) is 0 Å². The molecule has 82 valence electrons. The van der Waals surface area contributed by atoms with Gasteiger partial charge in [0, 0.05) is 12.4 Å². The molecule has 2 aromatic rings.